The Labute approximate surface area is 190 Å². The summed E-state index contributed by atoms with van der Waals surface area (Å²) in [6, 6.07) is 12.0. The Balaban J connectivity index is 2.05. The van der Waals surface area contributed by atoms with Gasteiger partial charge in [0.2, 0.25) is 21.8 Å². The lowest BCUT2D eigenvalue weighted by molar-refractivity contribution is -0.122. The summed E-state index contributed by atoms with van der Waals surface area (Å²) in [7, 11) is -3.99. The van der Waals surface area contributed by atoms with E-state index in [9.17, 15) is 18.0 Å². The van der Waals surface area contributed by atoms with Crippen LogP contribution in [0.1, 0.15) is 56.3 Å². The van der Waals surface area contributed by atoms with E-state index in [1.807, 2.05) is 38.1 Å². The maximum atomic E-state index is 13.9. The molecule has 2 amide bonds. The second-order valence-electron chi connectivity index (χ2n) is 8.34. The molecule has 0 aliphatic carbocycles. The van der Waals surface area contributed by atoms with Gasteiger partial charge in [-0.3, -0.25) is 9.59 Å². The van der Waals surface area contributed by atoms with Crippen LogP contribution in [0.4, 0.5) is 5.69 Å². The maximum absolute atomic E-state index is 13.9. The molecule has 2 N–H and O–H groups in total. The molecule has 1 aliphatic rings. The van der Waals surface area contributed by atoms with Gasteiger partial charge in [0.25, 0.3) is 0 Å². The van der Waals surface area contributed by atoms with Gasteiger partial charge >= 0.3 is 0 Å². The van der Waals surface area contributed by atoms with Gasteiger partial charge in [-0.2, -0.15) is 4.31 Å². The number of benzene rings is 2. The van der Waals surface area contributed by atoms with Crippen molar-refractivity contribution in [2.45, 2.75) is 63.9 Å². The Morgan fingerprint density at radius 3 is 2.59 bits per heavy atom. The highest BCUT2D eigenvalue weighted by molar-refractivity contribution is 7.89. The molecule has 0 spiro atoms. The van der Waals surface area contributed by atoms with Crippen molar-refractivity contribution in [1.82, 2.24) is 9.62 Å². The minimum Gasteiger partial charge on any atom is -0.354 e. The Morgan fingerprint density at radius 1 is 1.19 bits per heavy atom. The van der Waals surface area contributed by atoms with Gasteiger partial charge in [0, 0.05) is 25.9 Å². The molecule has 1 aliphatic heterocycles. The predicted octanol–water partition coefficient (Wildman–Crippen LogP) is 3.55. The third-order valence-corrected chi connectivity index (χ3v) is 7.74. The highest BCUT2D eigenvalue weighted by Gasteiger charge is 2.38. The van der Waals surface area contributed by atoms with E-state index in [4.69, 9.17) is 0 Å². The third-order valence-electron chi connectivity index (χ3n) is 5.80. The lowest BCUT2D eigenvalue weighted by Crippen LogP contribution is -2.43. The number of rotatable bonds is 7. The lowest BCUT2D eigenvalue weighted by Gasteiger charge is -2.36. The van der Waals surface area contributed by atoms with Crippen LogP contribution in [-0.2, 0) is 26.0 Å². The molecule has 2 atom stereocenters. The molecule has 0 fully saturated rings. The van der Waals surface area contributed by atoms with Gasteiger partial charge in [-0.05, 0) is 55.5 Å². The largest absolute Gasteiger partial charge is 0.354 e. The van der Waals surface area contributed by atoms with E-state index in [-0.39, 0.29) is 41.4 Å². The van der Waals surface area contributed by atoms with Crippen molar-refractivity contribution in [1.29, 1.82) is 0 Å². The first-order valence-corrected chi connectivity index (χ1v) is 12.3. The van der Waals surface area contributed by atoms with Gasteiger partial charge in [-0.25, -0.2) is 8.42 Å². The monoisotopic (exact) mass is 457 g/mol. The fourth-order valence-electron chi connectivity index (χ4n) is 4.00. The van der Waals surface area contributed by atoms with Crippen LogP contribution in [0.15, 0.2) is 47.4 Å². The van der Waals surface area contributed by atoms with Crippen LogP contribution >= 0.6 is 0 Å². The second-order valence-corrected chi connectivity index (χ2v) is 10.2. The van der Waals surface area contributed by atoms with Crippen LogP contribution in [0, 0.1) is 6.92 Å². The fraction of sp³-hybridized carbons (Fsp3) is 0.417. The minimum atomic E-state index is -3.99. The first kappa shape index (κ1) is 23.9. The standard InChI is InChI=1S/C24H31N3O4S/c1-5-17(3)25-24(29)15-22-20-9-7-6-8-19(20)12-13-27(22)32(30,31)23-14-16(2)10-11-21(23)26-18(4)28/h6-11,14,17,22H,5,12-13,15H2,1-4H3,(H,25,29)(H,26,28)/t17-,22+/m1/s1. The molecule has 2 aromatic rings. The van der Waals surface area contributed by atoms with E-state index in [1.165, 1.54) is 11.2 Å². The average molecular weight is 458 g/mol. The van der Waals surface area contributed by atoms with Crippen LogP contribution in [0.3, 0.4) is 0 Å². The summed E-state index contributed by atoms with van der Waals surface area (Å²) in [5, 5.41) is 5.58. The molecular weight excluding hydrogens is 426 g/mol. The summed E-state index contributed by atoms with van der Waals surface area (Å²) in [6.07, 6.45) is 1.38. The van der Waals surface area contributed by atoms with Gasteiger partial charge in [-0.15, -0.1) is 0 Å². The Bertz CT molecular complexity index is 1110. The number of amides is 2. The highest BCUT2D eigenvalue weighted by Crippen LogP contribution is 2.38. The molecular formula is C24H31N3O4S. The molecule has 172 valence electrons. The molecule has 2 aromatic carbocycles. The summed E-state index contributed by atoms with van der Waals surface area (Å²) >= 11 is 0. The number of fused-ring (bicyclic) bond motifs is 1. The van der Waals surface area contributed by atoms with Crippen molar-refractivity contribution < 1.29 is 18.0 Å². The number of nitrogens with zero attached hydrogens (tertiary/aromatic N) is 1. The SMILES string of the molecule is CC[C@@H](C)NC(=O)C[C@H]1c2ccccc2CCN1S(=O)(=O)c1cc(C)ccc1NC(C)=O. The fourth-order valence-corrected chi connectivity index (χ4v) is 5.84. The molecule has 0 aromatic heterocycles. The Hall–Kier alpha value is -2.71. The van der Waals surface area contributed by atoms with E-state index < -0.39 is 16.1 Å². The van der Waals surface area contributed by atoms with Crippen molar-refractivity contribution in [3.05, 3.63) is 59.2 Å². The summed E-state index contributed by atoms with van der Waals surface area (Å²) in [4.78, 5) is 24.5. The van der Waals surface area contributed by atoms with E-state index in [1.54, 1.807) is 25.1 Å². The number of aryl methyl sites for hydroxylation is 1. The van der Waals surface area contributed by atoms with E-state index in [0.717, 1.165) is 23.1 Å². The highest BCUT2D eigenvalue weighted by atomic mass is 32.2. The average Bonchev–Trinajstić information content (AvgIpc) is 2.74. The predicted molar refractivity (Wildman–Crippen MR) is 125 cm³/mol. The molecule has 8 heteroatoms. The Kier molecular flexibility index (Phi) is 7.36. The van der Waals surface area contributed by atoms with Crippen molar-refractivity contribution in [3.63, 3.8) is 0 Å². The van der Waals surface area contributed by atoms with Crippen LogP contribution < -0.4 is 10.6 Å². The molecule has 0 bridgehead atoms. The van der Waals surface area contributed by atoms with E-state index in [0.29, 0.717) is 6.42 Å². The minimum absolute atomic E-state index is 0.00883. The number of nitrogens with one attached hydrogen (secondary N) is 2. The summed E-state index contributed by atoms with van der Waals surface area (Å²) < 4.78 is 29.1. The van der Waals surface area contributed by atoms with Gasteiger partial charge in [0.15, 0.2) is 0 Å². The van der Waals surface area contributed by atoms with Crippen molar-refractivity contribution in [3.8, 4) is 0 Å². The van der Waals surface area contributed by atoms with Crippen LogP contribution in [0.2, 0.25) is 0 Å². The first-order valence-electron chi connectivity index (χ1n) is 10.9. The number of hydrogen-bond acceptors (Lipinski definition) is 4. The van der Waals surface area contributed by atoms with E-state index >= 15 is 0 Å². The van der Waals surface area contributed by atoms with E-state index in [2.05, 4.69) is 10.6 Å². The molecule has 0 saturated carbocycles. The van der Waals surface area contributed by atoms with Crippen LogP contribution in [0.25, 0.3) is 0 Å². The molecule has 7 nitrogen and oxygen atoms in total. The third kappa shape index (κ3) is 5.19. The number of carbonyl (C=O) groups excluding carboxylic acids is 2. The molecule has 0 unspecified atom stereocenters. The maximum Gasteiger partial charge on any atom is 0.245 e. The molecule has 3 rings (SSSR count). The zero-order valence-electron chi connectivity index (χ0n) is 19.0. The number of sulfonamides is 1. The van der Waals surface area contributed by atoms with Gasteiger partial charge in [-0.1, -0.05) is 37.3 Å². The molecule has 1 heterocycles. The Morgan fingerprint density at radius 2 is 1.91 bits per heavy atom. The number of hydrogen-bond donors (Lipinski definition) is 2. The van der Waals surface area contributed by atoms with Gasteiger partial charge in [0.05, 0.1) is 11.7 Å². The number of carbonyl (C=O) groups is 2. The van der Waals surface area contributed by atoms with Crippen LogP contribution in [0.5, 0.6) is 0 Å². The first-order chi connectivity index (χ1) is 15.1. The van der Waals surface area contributed by atoms with Crippen molar-refractivity contribution in [2.24, 2.45) is 0 Å². The smallest absolute Gasteiger partial charge is 0.245 e. The quantitative estimate of drug-likeness (QED) is 0.665. The topological polar surface area (TPSA) is 95.6 Å². The zero-order valence-corrected chi connectivity index (χ0v) is 19.8. The molecule has 32 heavy (non-hydrogen) atoms. The van der Waals surface area contributed by atoms with Gasteiger partial charge in [0.1, 0.15) is 4.90 Å². The van der Waals surface area contributed by atoms with Gasteiger partial charge < -0.3 is 10.6 Å². The molecule has 0 saturated heterocycles. The normalized spacial score (nSPS) is 17.3. The van der Waals surface area contributed by atoms with Crippen molar-refractivity contribution in [2.75, 3.05) is 11.9 Å². The number of anilines is 1. The summed E-state index contributed by atoms with van der Waals surface area (Å²) in [5.41, 5.74) is 2.90. The summed E-state index contributed by atoms with van der Waals surface area (Å²) in [6.45, 7) is 7.31. The molecule has 0 radical (unpaired) electrons. The van der Waals surface area contributed by atoms with Crippen molar-refractivity contribution >= 4 is 27.5 Å². The summed E-state index contributed by atoms with van der Waals surface area (Å²) in [5.74, 6) is -0.536. The zero-order chi connectivity index (χ0) is 23.5. The lowest BCUT2D eigenvalue weighted by atomic mass is 9.92. The second kappa shape index (κ2) is 9.83. The van der Waals surface area contributed by atoms with Crippen LogP contribution in [-0.4, -0.2) is 37.1 Å².